The minimum Gasteiger partial charge on any atom is -0.479 e. The third-order valence-corrected chi connectivity index (χ3v) is 3.62. The molecule has 2 N–H and O–H groups in total. The third kappa shape index (κ3) is 2.29. The zero-order valence-electron chi connectivity index (χ0n) is 9.23. The summed E-state index contributed by atoms with van der Waals surface area (Å²) in [5.74, 6) is -1.27. The van der Waals surface area contributed by atoms with E-state index in [-0.39, 0.29) is 6.42 Å². The van der Waals surface area contributed by atoms with Gasteiger partial charge in [0, 0.05) is 12.0 Å². The van der Waals surface area contributed by atoms with Gasteiger partial charge in [-0.05, 0) is 17.7 Å². The molecule has 1 aliphatic rings. The first-order valence-electron chi connectivity index (χ1n) is 5.23. The molecule has 1 atom stereocenters. The molecule has 0 bridgehead atoms. The number of halogens is 2. The topological polar surface area (TPSA) is 57.5 Å². The van der Waals surface area contributed by atoms with Gasteiger partial charge in [-0.15, -0.1) is 0 Å². The van der Waals surface area contributed by atoms with Crippen molar-refractivity contribution in [1.29, 1.82) is 0 Å². The van der Waals surface area contributed by atoms with E-state index in [9.17, 15) is 9.90 Å². The average molecular weight is 285 g/mol. The molecule has 0 heterocycles. The molecule has 1 aliphatic carbocycles. The fraction of sp³-hybridized carbons (Fsp3) is 0.154. The zero-order chi connectivity index (χ0) is 13.3. The fourth-order valence-electron chi connectivity index (χ4n) is 1.71. The number of aliphatic hydroxyl groups is 1. The van der Waals surface area contributed by atoms with Crippen LogP contribution in [0.25, 0.3) is 5.57 Å². The molecule has 1 aromatic carbocycles. The minimum atomic E-state index is -1.84. The summed E-state index contributed by atoms with van der Waals surface area (Å²) < 4.78 is 0. The highest BCUT2D eigenvalue weighted by Crippen LogP contribution is 2.34. The molecule has 0 fully saturated rings. The first-order valence-corrected chi connectivity index (χ1v) is 5.99. The first-order chi connectivity index (χ1) is 8.44. The van der Waals surface area contributed by atoms with E-state index >= 15 is 0 Å². The lowest BCUT2D eigenvalue weighted by molar-refractivity contribution is -0.153. The van der Waals surface area contributed by atoms with E-state index < -0.39 is 11.6 Å². The maximum absolute atomic E-state index is 10.9. The van der Waals surface area contributed by atoms with Gasteiger partial charge in [0.1, 0.15) is 0 Å². The smallest absolute Gasteiger partial charge is 0.340 e. The van der Waals surface area contributed by atoms with E-state index in [1.165, 1.54) is 12.2 Å². The molecule has 0 saturated carbocycles. The van der Waals surface area contributed by atoms with Crippen molar-refractivity contribution < 1.29 is 15.0 Å². The van der Waals surface area contributed by atoms with Crippen LogP contribution in [0.4, 0.5) is 0 Å². The van der Waals surface area contributed by atoms with Crippen LogP contribution >= 0.6 is 23.2 Å². The Kier molecular flexibility index (Phi) is 3.48. The Hall–Kier alpha value is -1.29. The summed E-state index contributed by atoms with van der Waals surface area (Å²) in [4.78, 5) is 10.9. The molecule has 3 nitrogen and oxygen atoms in total. The summed E-state index contributed by atoms with van der Waals surface area (Å²) in [5.41, 5.74) is -0.379. The number of aliphatic carboxylic acids is 1. The van der Waals surface area contributed by atoms with Crippen LogP contribution in [-0.2, 0) is 4.79 Å². The number of hydrogen-bond donors (Lipinski definition) is 2. The lowest BCUT2D eigenvalue weighted by Gasteiger charge is -2.22. The maximum Gasteiger partial charge on any atom is 0.340 e. The Labute approximate surface area is 114 Å². The van der Waals surface area contributed by atoms with Gasteiger partial charge in [-0.1, -0.05) is 47.5 Å². The van der Waals surface area contributed by atoms with E-state index in [1.54, 1.807) is 24.3 Å². The van der Waals surface area contributed by atoms with Crippen LogP contribution < -0.4 is 0 Å². The highest BCUT2D eigenvalue weighted by molar-refractivity contribution is 6.43. The van der Waals surface area contributed by atoms with Gasteiger partial charge >= 0.3 is 5.97 Å². The quantitative estimate of drug-likeness (QED) is 0.877. The second-order valence-electron chi connectivity index (χ2n) is 4.03. The Balaban J connectivity index is 2.34. The molecule has 1 aromatic rings. The molecule has 0 aliphatic heterocycles. The van der Waals surface area contributed by atoms with E-state index in [2.05, 4.69) is 0 Å². The van der Waals surface area contributed by atoms with Crippen LogP contribution in [0.2, 0.25) is 10.0 Å². The van der Waals surface area contributed by atoms with Crippen LogP contribution in [-0.4, -0.2) is 21.8 Å². The van der Waals surface area contributed by atoms with E-state index in [0.29, 0.717) is 15.6 Å². The Bertz CT molecular complexity index is 563. The van der Waals surface area contributed by atoms with Crippen molar-refractivity contribution in [1.82, 2.24) is 0 Å². The third-order valence-electron chi connectivity index (χ3n) is 2.80. The lowest BCUT2D eigenvalue weighted by Crippen LogP contribution is -2.36. The molecular formula is C13H10Cl2O3. The normalized spacial score (nSPS) is 22.7. The van der Waals surface area contributed by atoms with E-state index in [0.717, 1.165) is 5.57 Å². The number of rotatable bonds is 2. The van der Waals surface area contributed by atoms with Gasteiger partial charge < -0.3 is 10.2 Å². The number of carbonyl (C=O) groups is 1. The summed E-state index contributed by atoms with van der Waals surface area (Å²) in [6, 6.07) is 5.22. The number of allylic oxidation sites excluding steroid dienone is 2. The predicted molar refractivity (Wildman–Crippen MR) is 70.8 cm³/mol. The van der Waals surface area contributed by atoms with Crippen LogP contribution in [0.3, 0.4) is 0 Å². The van der Waals surface area contributed by atoms with Crippen LogP contribution in [0.5, 0.6) is 0 Å². The largest absolute Gasteiger partial charge is 0.479 e. The lowest BCUT2D eigenvalue weighted by atomic mass is 9.89. The van der Waals surface area contributed by atoms with Crippen LogP contribution in [0.1, 0.15) is 12.0 Å². The van der Waals surface area contributed by atoms with E-state index in [1.807, 2.05) is 0 Å². The van der Waals surface area contributed by atoms with Gasteiger partial charge in [-0.2, -0.15) is 0 Å². The van der Waals surface area contributed by atoms with Crippen molar-refractivity contribution in [2.45, 2.75) is 12.0 Å². The maximum atomic E-state index is 10.9. The summed E-state index contributed by atoms with van der Waals surface area (Å²) in [7, 11) is 0. The number of carboxylic acid groups (broad SMARTS) is 1. The van der Waals surface area contributed by atoms with Crippen molar-refractivity contribution in [2.24, 2.45) is 0 Å². The second kappa shape index (κ2) is 4.76. The highest BCUT2D eigenvalue weighted by Gasteiger charge is 2.33. The fourth-order valence-corrected chi connectivity index (χ4v) is 2.12. The van der Waals surface area contributed by atoms with Gasteiger partial charge in [0.15, 0.2) is 5.60 Å². The first kappa shape index (κ1) is 13.1. The molecule has 2 rings (SSSR count). The molecule has 94 valence electrons. The Morgan fingerprint density at radius 1 is 1.33 bits per heavy atom. The second-order valence-corrected chi connectivity index (χ2v) is 4.81. The molecular weight excluding hydrogens is 275 g/mol. The van der Waals surface area contributed by atoms with Gasteiger partial charge in [-0.3, -0.25) is 0 Å². The van der Waals surface area contributed by atoms with Crippen molar-refractivity contribution in [3.8, 4) is 0 Å². The minimum absolute atomic E-state index is 0.00297. The molecule has 0 aromatic heterocycles. The monoisotopic (exact) mass is 284 g/mol. The Morgan fingerprint density at radius 2 is 2.06 bits per heavy atom. The van der Waals surface area contributed by atoms with Gasteiger partial charge in [0.2, 0.25) is 0 Å². The summed E-state index contributed by atoms with van der Waals surface area (Å²) >= 11 is 12.0. The molecule has 0 radical (unpaired) electrons. The van der Waals surface area contributed by atoms with Crippen LogP contribution in [0.15, 0.2) is 36.4 Å². The SMILES string of the molecule is O=C(O)C1(O)C=CC(c2cccc(Cl)c2Cl)=CC1. The van der Waals surface area contributed by atoms with Crippen molar-refractivity contribution >= 4 is 34.7 Å². The molecule has 5 heteroatoms. The molecule has 1 unspecified atom stereocenters. The molecule has 0 amide bonds. The highest BCUT2D eigenvalue weighted by atomic mass is 35.5. The van der Waals surface area contributed by atoms with Crippen molar-refractivity contribution in [3.05, 3.63) is 52.0 Å². The average Bonchev–Trinajstić information content (AvgIpc) is 2.34. The van der Waals surface area contributed by atoms with Crippen LogP contribution in [0, 0.1) is 0 Å². The number of hydrogen-bond acceptors (Lipinski definition) is 2. The predicted octanol–water partition coefficient (Wildman–Crippen LogP) is 3.15. The summed E-state index contributed by atoms with van der Waals surface area (Å²) in [6.45, 7) is 0. The van der Waals surface area contributed by atoms with Gasteiger partial charge in [0.25, 0.3) is 0 Å². The van der Waals surface area contributed by atoms with Crippen molar-refractivity contribution in [3.63, 3.8) is 0 Å². The van der Waals surface area contributed by atoms with E-state index in [4.69, 9.17) is 28.3 Å². The summed E-state index contributed by atoms with van der Waals surface area (Å²) in [6.07, 6.45) is 4.42. The molecule has 18 heavy (non-hydrogen) atoms. The van der Waals surface area contributed by atoms with Crippen molar-refractivity contribution in [2.75, 3.05) is 0 Å². The Morgan fingerprint density at radius 3 is 2.61 bits per heavy atom. The van der Waals surface area contributed by atoms with Gasteiger partial charge in [0.05, 0.1) is 10.0 Å². The standard InChI is InChI=1S/C13H10Cl2O3/c14-10-3-1-2-9(11(10)15)8-4-6-13(18,7-5-8)12(16)17/h1-6,18H,7H2,(H,16,17). The summed E-state index contributed by atoms with van der Waals surface area (Å²) in [5, 5.41) is 19.5. The number of benzene rings is 1. The zero-order valence-corrected chi connectivity index (χ0v) is 10.7. The van der Waals surface area contributed by atoms with Gasteiger partial charge in [-0.25, -0.2) is 4.79 Å². The molecule has 0 spiro atoms. The number of carboxylic acids is 1. The molecule has 0 saturated heterocycles.